The van der Waals surface area contributed by atoms with Crippen molar-refractivity contribution in [3.05, 3.63) is 24.0 Å². The summed E-state index contributed by atoms with van der Waals surface area (Å²) in [7, 11) is 0. The van der Waals surface area contributed by atoms with Crippen LogP contribution < -0.4 is 5.73 Å². The minimum atomic E-state index is 0.170. The van der Waals surface area contributed by atoms with E-state index in [1.165, 1.54) is 6.42 Å². The number of nitrogens with two attached hydrogens (primary N) is 1. The summed E-state index contributed by atoms with van der Waals surface area (Å²) in [5, 5.41) is 0. The van der Waals surface area contributed by atoms with Crippen LogP contribution in [-0.4, -0.2) is 28.4 Å². The number of piperidine rings is 1. The normalized spacial score (nSPS) is 27.3. The number of hydrogen-bond donors (Lipinski definition) is 1. The highest BCUT2D eigenvalue weighted by molar-refractivity contribution is 5.78. The Kier molecular flexibility index (Phi) is 4.08. The van der Waals surface area contributed by atoms with E-state index in [2.05, 4.69) is 25.8 Å². The van der Waals surface area contributed by atoms with Crippen LogP contribution in [0.5, 0.6) is 0 Å². The summed E-state index contributed by atoms with van der Waals surface area (Å²) >= 11 is 0. The Morgan fingerprint density at radius 2 is 2.16 bits per heavy atom. The molecule has 3 atom stereocenters. The van der Waals surface area contributed by atoms with Gasteiger partial charge in [-0.15, -0.1) is 0 Å². The predicted molar refractivity (Wildman–Crippen MR) is 76.5 cm³/mol. The Bertz CT molecular complexity index is 443. The van der Waals surface area contributed by atoms with Gasteiger partial charge < -0.3 is 10.6 Å². The molecule has 1 aromatic rings. The van der Waals surface area contributed by atoms with Crippen LogP contribution in [-0.2, 0) is 11.2 Å². The lowest BCUT2D eigenvalue weighted by molar-refractivity contribution is -0.136. The number of nitrogen functional groups attached to an aromatic ring is 1. The van der Waals surface area contributed by atoms with E-state index in [4.69, 9.17) is 5.73 Å². The number of aromatic nitrogens is 1. The minimum Gasteiger partial charge on any atom is -0.397 e. The van der Waals surface area contributed by atoms with Crippen LogP contribution in [0.2, 0.25) is 0 Å². The van der Waals surface area contributed by atoms with Crippen molar-refractivity contribution in [1.29, 1.82) is 0 Å². The van der Waals surface area contributed by atoms with Gasteiger partial charge in [-0.2, -0.15) is 0 Å². The first-order chi connectivity index (χ1) is 8.97. The lowest BCUT2D eigenvalue weighted by atomic mass is 9.86. The summed E-state index contributed by atoms with van der Waals surface area (Å²) in [6.07, 6.45) is 3.17. The van der Waals surface area contributed by atoms with E-state index < -0.39 is 0 Å². The first-order valence-corrected chi connectivity index (χ1v) is 6.97. The Balaban J connectivity index is 2.04. The van der Waals surface area contributed by atoms with Gasteiger partial charge in [0.1, 0.15) is 0 Å². The maximum Gasteiger partial charge on any atom is 0.228 e. The molecule has 104 valence electrons. The highest BCUT2D eigenvalue weighted by Crippen LogP contribution is 2.27. The second-order valence-corrected chi connectivity index (χ2v) is 5.86. The summed E-state index contributed by atoms with van der Waals surface area (Å²) < 4.78 is 0. The molecule has 1 aliphatic rings. The fourth-order valence-corrected chi connectivity index (χ4v) is 2.84. The van der Waals surface area contributed by atoms with Gasteiger partial charge in [-0.05, 0) is 37.3 Å². The number of rotatable bonds is 2. The molecule has 1 fully saturated rings. The van der Waals surface area contributed by atoms with Crippen molar-refractivity contribution in [3.63, 3.8) is 0 Å². The van der Waals surface area contributed by atoms with Crippen molar-refractivity contribution in [2.45, 2.75) is 39.7 Å². The van der Waals surface area contributed by atoms with Gasteiger partial charge in [-0.25, -0.2) is 0 Å². The van der Waals surface area contributed by atoms with Crippen molar-refractivity contribution in [2.24, 2.45) is 11.8 Å². The SMILES string of the molecule is CC1CC(C)C(C)N(C(=O)Cc2ccc(N)cn2)C1. The van der Waals surface area contributed by atoms with E-state index >= 15 is 0 Å². The van der Waals surface area contributed by atoms with Crippen molar-refractivity contribution in [3.8, 4) is 0 Å². The second kappa shape index (κ2) is 5.59. The molecule has 0 radical (unpaired) electrons. The molecule has 1 saturated heterocycles. The third-order valence-corrected chi connectivity index (χ3v) is 4.10. The summed E-state index contributed by atoms with van der Waals surface area (Å²) in [5.74, 6) is 1.31. The third-order valence-electron chi connectivity index (χ3n) is 4.10. The summed E-state index contributed by atoms with van der Waals surface area (Å²) in [6, 6.07) is 3.94. The number of hydrogen-bond acceptors (Lipinski definition) is 3. The van der Waals surface area contributed by atoms with Gasteiger partial charge in [0, 0.05) is 18.3 Å². The first-order valence-electron chi connectivity index (χ1n) is 6.97. The van der Waals surface area contributed by atoms with Gasteiger partial charge in [-0.1, -0.05) is 13.8 Å². The molecule has 1 aromatic heterocycles. The van der Waals surface area contributed by atoms with E-state index in [0.717, 1.165) is 12.2 Å². The summed E-state index contributed by atoms with van der Waals surface area (Å²) in [5.41, 5.74) is 7.02. The molecular weight excluding hydrogens is 238 g/mol. The molecule has 0 saturated carbocycles. The monoisotopic (exact) mass is 261 g/mol. The van der Waals surface area contributed by atoms with Crippen LogP contribution in [0.1, 0.15) is 32.9 Å². The first kappa shape index (κ1) is 13.8. The van der Waals surface area contributed by atoms with E-state index in [-0.39, 0.29) is 5.91 Å². The standard InChI is InChI=1S/C15H23N3O/c1-10-6-11(2)12(3)18(9-10)15(19)7-14-5-4-13(16)8-17-14/h4-5,8,10-12H,6-7,9,16H2,1-3H3. The van der Waals surface area contributed by atoms with Crippen molar-refractivity contribution >= 4 is 11.6 Å². The molecule has 0 spiro atoms. The summed E-state index contributed by atoms with van der Waals surface area (Å²) in [6.45, 7) is 7.44. The third kappa shape index (κ3) is 3.25. The zero-order chi connectivity index (χ0) is 14.0. The average Bonchev–Trinajstić information content (AvgIpc) is 2.36. The molecule has 3 unspecified atom stereocenters. The van der Waals surface area contributed by atoms with Gasteiger partial charge >= 0.3 is 0 Å². The number of carbonyl (C=O) groups excluding carboxylic acids is 1. The van der Waals surface area contributed by atoms with Crippen molar-refractivity contribution in [2.75, 3.05) is 12.3 Å². The molecule has 0 aliphatic carbocycles. The zero-order valence-corrected chi connectivity index (χ0v) is 12.0. The van der Waals surface area contributed by atoms with E-state index in [9.17, 15) is 4.79 Å². The molecule has 19 heavy (non-hydrogen) atoms. The van der Waals surface area contributed by atoms with Crippen LogP contribution in [0, 0.1) is 11.8 Å². The van der Waals surface area contributed by atoms with Crippen molar-refractivity contribution < 1.29 is 4.79 Å². The Hall–Kier alpha value is -1.58. The largest absolute Gasteiger partial charge is 0.397 e. The van der Waals surface area contributed by atoms with Crippen LogP contribution >= 0.6 is 0 Å². The molecule has 2 heterocycles. The van der Waals surface area contributed by atoms with Crippen molar-refractivity contribution in [1.82, 2.24) is 9.88 Å². The number of pyridine rings is 1. The fraction of sp³-hybridized carbons (Fsp3) is 0.600. The van der Waals surface area contributed by atoms with Gasteiger partial charge in [-0.3, -0.25) is 9.78 Å². The highest BCUT2D eigenvalue weighted by Gasteiger charge is 2.31. The van der Waals surface area contributed by atoms with Gasteiger partial charge in [0.05, 0.1) is 18.3 Å². The average molecular weight is 261 g/mol. The maximum atomic E-state index is 12.4. The molecule has 1 amide bonds. The molecule has 4 heteroatoms. The zero-order valence-electron chi connectivity index (χ0n) is 12.0. The number of likely N-dealkylation sites (tertiary alicyclic amines) is 1. The lowest BCUT2D eigenvalue weighted by Gasteiger charge is -2.41. The smallest absolute Gasteiger partial charge is 0.228 e. The quantitative estimate of drug-likeness (QED) is 0.887. The molecule has 1 aliphatic heterocycles. The second-order valence-electron chi connectivity index (χ2n) is 5.86. The topological polar surface area (TPSA) is 59.2 Å². The van der Waals surface area contributed by atoms with E-state index in [1.54, 1.807) is 12.3 Å². The fourth-order valence-electron chi connectivity index (χ4n) is 2.84. The van der Waals surface area contributed by atoms with E-state index in [1.807, 2.05) is 11.0 Å². The number of nitrogens with zero attached hydrogens (tertiary/aromatic N) is 2. The molecule has 2 rings (SSSR count). The number of amides is 1. The molecule has 0 bridgehead atoms. The van der Waals surface area contributed by atoms with Crippen LogP contribution in [0.25, 0.3) is 0 Å². The maximum absolute atomic E-state index is 12.4. The predicted octanol–water partition coefficient (Wildman–Crippen LogP) is 2.10. The lowest BCUT2D eigenvalue weighted by Crippen LogP contribution is -2.49. The number of carbonyl (C=O) groups is 1. The van der Waals surface area contributed by atoms with Gasteiger partial charge in [0.15, 0.2) is 0 Å². The van der Waals surface area contributed by atoms with Gasteiger partial charge in [0.2, 0.25) is 5.91 Å². The number of anilines is 1. The van der Waals surface area contributed by atoms with Crippen LogP contribution in [0.4, 0.5) is 5.69 Å². The highest BCUT2D eigenvalue weighted by atomic mass is 16.2. The Labute approximate surface area is 115 Å². The Morgan fingerprint density at radius 1 is 1.42 bits per heavy atom. The summed E-state index contributed by atoms with van der Waals surface area (Å²) in [4.78, 5) is 18.6. The van der Waals surface area contributed by atoms with Gasteiger partial charge in [0.25, 0.3) is 0 Å². The minimum absolute atomic E-state index is 0.170. The van der Waals surface area contributed by atoms with Crippen LogP contribution in [0.3, 0.4) is 0 Å². The molecular formula is C15H23N3O. The molecule has 4 nitrogen and oxygen atoms in total. The molecule has 2 N–H and O–H groups in total. The van der Waals surface area contributed by atoms with E-state index in [0.29, 0.717) is 30.0 Å². The Morgan fingerprint density at radius 3 is 2.79 bits per heavy atom. The van der Waals surface area contributed by atoms with Crippen LogP contribution in [0.15, 0.2) is 18.3 Å². The molecule has 0 aromatic carbocycles.